The van der Waals surface area contributed by atoms with Crippen LogP contribution in [0.25, 0.3) is 11.3 Å². The Kier molecular flexibility index (Phi) is 9.97. The van der Waals surface area contributed by atoms with E-state index in [1.807, 2.05) is 26.0 Å². The molecule has 0 aliphatic heterocycles. The number of hydrogen-bond donors (Lipinski definition) is 6. The quantitative estimate of drug-likeness (QED) is 0.0854. The van der Waals surface area contributed by atoms with Crippen molar-refractivity contribution in [2.45, 2.75) is 39.5 Å². The molecule has 3 aromatic rings. The standard InChI is InChI=1S/C27H36N8O3/c1-17(2)34-26-27(37)35(16-24(36)32-14-18-4-6-20(7-5-18)25(29)30)23(15-33-26)21-10-19(11-22(28)12-21)13-31-8-9-38-3/h4-7,10-12,15,17,31H,8-9,13-14,16,28H2,1-3H3,(H3,29,30)(H,32,36)(H,33,34). The van der Waals surface area contributed by atoms with E-state index in [0.29, 0.717) is 42.2 Å². The number of benzene rings is 2. The summed E-state index contributed by atoms with van der Waals surface area (Å²) in [5.41, 5.74) is 15.4. The molecule has 0 spiro atoms. The van der Waals surface area contributed by atoms with E-state index in [9.17, 15) is 9.59 Å². The summed E-state index contributed by atoms with van der Waals surface area (Å²) in [7, 11) is 1.64. The molecule has 2 aromatic carbocycles. The van der Waals surface area contributed by atoms with Crippen molar-refractivity contribution >= 4 is 23.2 Å². The molecule has 3 rings (SSSR count). The second-order valence-electron chi connectivity index (χ2n) is 9.20. The first-order chi connectivity index (χ1) is 18.2. The van der Waals surface area contributed by atoms with Gasteiger partial charge in [-0.2, -0.15) is 0 Å². The number of carbonyl (C=O) groups excluding carboxylic acids is 1. The third-order valence-electron chi connectivity index (χ3n) is 5.66. The van der Waals surface area contributed by atoms with E-state index in [0.717, 1.165) is 11.1 Å². The molecule has 0 saturated carbocycles. The number of ether oxygens (including phenoxy) is 1. The van der Waals surface area contributed by atoms with Gasteiger partial charge in [-0.3, -0.25) is 19.6 Å². The number of rotatable bonds is 13. The molecule has 0 atom stereocenters. The highest BCUT2D eigenvalue weighted by molar-refractivity contribution is 5.94. The van der Waals surface area contributed by atoms with Gasteiger partial charge in [0.05, 0.1) is 18.5 Å². The lowest BCUT2D eigenvalue weighted by atomic mass is 10.1. The average molecular weight is 521 g/mol. The van der Waals surface area contributed by atoms with Crippen molar-refractivity contribution in [3.8, 4) is 11.3 Å². The van der Waals surface area contributed by atoms with Crippen LogP contribution in [0.1, 0.15) is 30.5 Å². The van der Waals surface area contributed by atoms with Crippen molar-refractivity contribution in [1.29, 1.82) is 5.41 Å². The van der Waals surface area contributed by atoms with Gasteiger partial charge < -0.3 is 32.2 Å². The van der Waals surface area contributed by atoms with E-state index in [1.165, 1.54) is 4.57 Å². The summed E-state index contributed by atoms with van der Waals surface area (Å²) in [5, 5.41) is 16.7. The number of nitrogens with one attached hydrogen (secondary N) is 4. The van der Waals surface area contributed by atoms with Crippen molar-refractivity contribution in [3.63, 3.8) is 0 Å². The molecule has 0 unspecified atom stereocenters. The Hall–Kier alpha value is -4.22. The van der Waals surface area contributed by atoms with Crippen LogP contribution in [0.4, 0.5) is 11.5 Å². The summed E-state index contributed by atoms with van der Waals surface area (Å²) >= 11 is 0. The van der Waals surface area contributed by atoms with Crippen LogP contribution in [-0.2, 0) is 29.2 Å². The maximum atomic E-state index is 13.4. The van der Waals surface area contributed by atoms with Gasteiger partial charge in [-0.1, -0.05) is 24.3 Å². The van der Waals surface area contributed by atoms with Crippen LogP contribution in [0.15, 0.2) is 53.5 Å². The Bertz CT molecular complexity index is 1320. The number of nitrogens with zero attached hydrogens (tertiary/aromatic N) is 2. The van der Waals surface area contributed by atoms with Crippen LogP contribution in [0.5, 0.6) is 0 Å². The van der Waals surface area contributed by atoms with Gasteiger partial charge in [-0.25, -0.2) is 4.98 Å². The number of aromatic nitrogens is 2. The smallest absolute Gasteiger partial charge is 0.294 e. The maximum Gasteiger partial charge on any atom is 0.294 e. The van der Waals surface area contributed by atoms with Crippen LogP contribution in [0, 0.1) is 5.41 Å². The number of amidine groups is 1. The second kappa shape index (κ2) is 13.4. The number of amides is 1. The van der Waals surface area contributed by atoms with Crippen molar-refractivity contribution < 1.29 is 9.53 Å². The summed E-state index contributed by atoms with van der Waals surface area (Å²) in [6.07, 6.45) is 1.58. The molecule has 202 valence electrons. The lowest BCUT2D eigenvalue weighted by molar-refractivity contribution is -0.121. The number of hydrogen-bond acceptors (Lipinski definition) is 8. The largest absolute Gasteiger partial charge is 0.399 e. The van der Waals surface area contributed by atoms with Gasteiger partial charge in [-0.05, 0) is 43.2 Å². The topological polar surface area (TPSA) is 173 Å². The fourth-order valence-electron chi connectivity index (χ4n) is 3.83. The van der Waals surface area contributed by atoms with Crippen molar-refractivity contribution in [2.24, 2.45) is 5.73 Å². The third-order valence-corrected chi connectivity index (χ3v) is 5.66. The minimum Gasteiger partial charge on any atom is -0.399 e. The molecule has 0 fully saturated rings. The average Bonchev–Trinajstić information content (AvgIpc) is 2.87. The van der Waals surface area contributed by atoms with Crippen LogP contribution >= 0.6 is 0 Å². The fourth-order valence-corrected chi connectivity index (χ4v) is 3.83. The molecule has 11 heteroatoms. The number of anilines is 2. The Morgan fingerprint density at radius 2 is 1.87 bits per heavy atom. The van der Waals surface area contributed by atoms with E-state index < -0.39 is 5.56 Å². The van der Waals surface area contributed by atoms with Crippen molar-refractivity contribution in [1.82, 2.24) is 20.2 Å². The molecule has 0 saturated heterocycles. The third kappa shape index (κ3) is 7.89. The van der Waals surface area contributed by atoms with E-state index in [4.69, 9.17) is 21.6 Å². The molecular formula is C27H36N8O3. The Balaban J connectivity index is 1.87. The van der Waals surface area contributed by atoms with E-state index in [-0.39, 0.29) is 36.7 Å². The lowest BCUT2D eigenvalue weighted by Crippen LogP contribution is -2.35. The first-order valence-corrected chi connectivity index (χ1v) is 12.3. The zero-order valence-corrected chi connectivity index (χ0v) is 22.0. The Labute approximate surface area is 222 Å². The first kappa shape index (κ1) is 28.4. The highest BCUT2D eigenvalue weighted by atomic mass is 16.5. The fraction of sp³-hybridized carbons (Fsp3) is 0.333. The minimum absolute atomic E-state index is 0.0153. The van der Waals surface area contributed by atoms with E-state index in [2.05, 4.69) is 20.9 Å². The summed E-state index contributed by atoms with van der Waals surface area (Å²) in [6, 6.07) is 12.6. The van der Waals surface area contributed by atoms with Crippen LogP contribution in [-0.4, -0.2) is 47.6 Å². The molecule has 1 heterocycles. The van der Waals surface area contributed by atoms with Crippen molar-refractivity contribution in [2.75, 3.05) is 31.3 Å². The lowest BCUT2D eigenvalue weighted by Gasteiger charge is -2.17. The Morgan fingerprint density at radius 1 is 1.13 bits per heavy atom. The molecule has 0 radical (unpaired) electrons. The summed E-state index contributed by atoms with van der Waals surface area (Å²) in [6.45, 7) is 5.70. The second-order valence-corrected chi connectivity index (χ2v) is 9.20. The molecule has 11 nitrogen and oxygen atoms in total. The molecule has 38 heavy (non-hydrogen) atoms. The number of methoxy groups -OCH3 is 1. The maximum absolute atomic E-state index is 13.4. The Morgan fingerprint density at radius 3 is 2.53 bits per heavy atom. The molecule has 8 N–H and O–H groups in total. The van der Waals surface area contributed by atoms with Gasteiger partial charge in [0.15, 0.2) is 5.82 Å². The SMILES string of the molecule is COCCNCc1cc(N)cc(-c2cnc(NC(C)C)c(=O)n2CC(=O)NCc2ccc(C(=N)N)cc2)c1. The monoisotopic (exact) mass is 520 g/mol. The van der Waals surface area contributed by atoms with Crippen LogP contribution < -0.4 is 33.0 Å². The van der Waals surface area contributed by atoms with Crippen molar-refractivity contribution in [3.05, 3.63) is 75.7 Å². The molecule has 0 aliphatic rings. The highest BCUT2D eigenvalue weighted by Gasteiger charge is 2.16. The number of nitrogens with two attached hydrogens (primary N) is 2. The molecule has 0 bridgehead atoms. The minimum atomic E-state index is -0.403. The normalized spacial score (nSPS) is 10.9. The van der Waals surface area contributed by atoms with Gasteiger partial charge in [-0.15, -0.1) is 0 Å². The zero-order valence-electron chi connectivity index (χ0n) is 22.0. The summed E-state index contributed by atoms with van der Waals surface area (Å²) < 4.78 is 6.48. The van der Waals surface area contributed by atoms with Gasteiger partial charge >= 0.3 is 0 Å². The number of nitrogen functional groups attached to an aromatic ring is 2. The van der Waals surface area contributed by atoms with E-state index >= 15 is 0 Å². The van der Waals surface area contributed by atoms with Gasteiger partial charge in [0, 0.05) is 49.6 Å². The molecule has 1 aromatic heterocycles. The van der Waals surface area contributed by atoms with E-state index in [1.54, 1.807) is 43.6 Å². The molecular weight excluding hydrogens is 484 g/mol. The zero-order chi connectivity index (χ0) is 27.7. The predicted molar refractivity (Wildman–Crippen MR) is 150 cm³/mol. The number of carbonyl (C=O) groups is 1. The van der Waals surface area contributed by atoms with Crippen LogP contribution in [0.3, 0.4) is 0 Å². The highest BCUT2D eigenvalue weighted by Crippen LogP contribution is 2.23. The molecule has 1 amide bonds. The van der Waals surface area contributed by atoms with Gasteiger partial charge in [0.2, 0.25) is 5.91 Å². The first-order valence-electron chi connectivity index (χ1n) is 12.3. The summed E-state index contributed by atoms with van der Waals surface area (Å²) in [5.74, 6) is -0.191. The summed E-state index contributed by atoms with van der Waals surface area (Å²) in [4.78, 5) is 30.7. The van der Waals surface area contributed by atoms with Gasteiger partial charge in [0.1, 0.15) is 12.4 Å². The predicted octanol–water partition coefficient (Wildman–Crippen LogP) is 1.65. The molecule has 0 aliphatic carbocycles. The van der Waals surface area contributed by atoms with Crippen LogP contribution in [0.2, 0.25) is 0 Å². The van der Waals surface area contributed by atoms with Gasteiger partial charge in [0.25, 0.3) is 5.56 Å².